The van der Waals surface area contributed by atoms with E-state index in [2.05, 4.69) is 57.0 Å². The van der Waals surface area contributed by atoms with Crippen LogP contribution in [0.1, 0.15) is 16.7 Å². The second kappa shape index (κ2) is 4.27. The molecule has 0 bridgehead atoms. The minimum atomic E-state index is 0.941. The lowest BCUT2D eigenvalue weighted by atomic mass is 10.1. The van der Waals surface area contributed by atoms with Crippen molar-refractivity contribution < 1.29 is 0 Å². The summed E-state index contributed by atoms with van der Waals surface area (Å²) >= 11 is 6.87. The van der Waals surface area contributed by atoms with Crippen molar-refractivity contribution in [3.05, 3.63) is 34.9 Å². The van der Waals surface area contributed by atoms with Crippen molar-refractivity contribution in [2.45, 2.75) is 17.6 Å². The summed E-state index contributed by atoms with van der Waals surface area (Å²) in [6.07, 6.45) is 0. The Morgan fingerprint density at radius 2 is 1.91 bits per heavy atom. The van der Waals surface area contributed by atoms with Crippen LogP contribution in [-0.2, 0) is 10.7 Å². The van der Waals surface area contributed by atoms with Gasteiger partial charge in [0.25, 0.3) is 0 Å². The zero-order valence-corrected chi connectivity index (χ0v) is 9.57. The molecule has 0 heterocycles. The molecule has 1 aromatic carbocycles. The van der Waals surface area contributed by atoms with Crippen LogP contribution in [0.4, 0.5) is 0 Å². The maximum Gasteiger partial charge on any atom is 0.0285 e. The Balaban J connectivity index is 2.99. The number of alkyl halides is 2. The predicted octanol–water partition coefficient (Wildman–Crippen LogP) is 3.78. The molecule has 0 aliphatic rings. The van der Waals surface area contributed by atoms with Gasteiger partial charge in [-0.25, -0.2) is 0 Å². The maximum absolute atomic E-state index is 3.44. The highest BCUT2D eigenvalue weighted by atomic mass is 79.9. The highest BCUT2D eigenvalue weighted by Crippen LogP contribution is 2.15. The van der Waals surface area contributed by atoms with Crippen LogP contribution >= 0.6 is 31.9 Å². The van der Waals surface area contributed by atoms with E-state index in [1.165, 1.54) is 16.7 Å². The lowest BCUT2D eigenvalue weighted by Crippen LogP contribution is -1.86. The van der Waals surface area contributed by atoms with Crippen molar-refractivity contribution >= 4 is 31.9 Å². The second-order valence-corrected chi connectivity index (χ2v) is 3.65. The van der Waals surface area contributed by atoms with Gasteiger partial charge in [-0.15, -0.1) is 0 Å². The third kappa shape index (κ3) is 2.31. The number of aryl methyl sites for hydroxylation is 1. The third-order valence-corrected chi connectivity index (χ3v) is 2.96. The SMILES string of the molecule is Cc1cc(CBr)ccc1CBr. The van der Waals surface area contributed by atoms with Gasteiger partial charge in [0.1, 0.15) is 0 Å². The summed E-state index contributed by atoms with van der Waals surface area (Å²) in [6, 6.07) is 6.53. The van der Waals surface area contributed by atoms with Crippen molar-refractivity contribution in [3.63, 3.8) is 0 Å². The Morgan fingerprint density at radius 1 is 1.18 bits per heavy atom. The van der Waals surface area contributed by atoms with E-state index in [-0.39, 0.29) is 0 Å². The first-order valence-electron chi connectivity index (χ1n) is 3.48. The second-order valence-electron chi connectivity index (χ2n) is 2.53. The largest absolute Gasteiger partial charge is 0.0876 e. The molecule has 0 radical (unpaired) electrons. The maximum atomic E-state index is 3.44. The lowest BCUT2D eigenvalue weighted by molar-refractivity contribution is 1.28. The highest BCUT2D eigenvalue weighted by Gasteiger charge is 1.96. The molecule has 0 aliphatic heterocycles. The fourth-order valence-corrected chi connectivity index (χ4v) is 1.97. The van der Waals surface area contributed by atoms with Gasteiger partial charge in [-0.1, -0.05) is 50.1 Å². The van der Waals surface area contributed by atoms with Gasteiger partial charge in [0.2, 0.25) is 0 Å². The van der Waals surface area contributed by atoms with E-state index in [1.54, 1.807) is 0 Å². The van der Waals surface area contributed by atoms with Crippen LogP contribution in [0.15, 0.2) is 18.2 Å². The van der Waals surface area contributed by atoms with E-state index in [4.69, 9.17) is 0 Å². The Morgan fingerprint density at radius 3 is 2.36 bits per heavy atom. The monoisotopic (exact) mass is 276 g/mol. The van der Waals surface area contributed by atoms with Gasteiger partial charge in [-0.05, 0) is 23.6 Å². The smallest absolute Gasteiger partial charge is 0.0285 e. The van der Waals surface area contributed by atoms with Crippen LogP contribution in [0.5, 0.6) is 0 Å². The Kier molecular flexibility index (Phi) is 3.60. The lowest BCUT2D eigenvalue weighted by Gasteiger charge is -2.02. The van der Waals surface area contributed by atoms with Gasteiger partial charge in [-0.2, -0.15) is 0 Å². The Hall–Kier alpha value is 0.180. The highest BCUT2D eigenvalue weighted by molar-refractivity contribution is 9.08. The molecule has 60 valence electrons. The molecule has 0 N–H and O–H groups in total. The molecule has 1 aromatic rings. The molecule has 0 spiro atoms. The molecule has 0 saturated carbocycles. The summed E-state index contributed by atoms with van der Waals surface area (Å²) in [5, 5.41) is 1.89. The average Bonchev–Trinajstić information content (AvgIpc) is 2.04. The quantitative estimate of drug-likeness (QED) is 0.722. The Bertz CT molecular complexity index is 243. The van der Waals surface area contributed by atoms with Crippen molar-refractivity contribution in [1.29, 1.82) is 0 Å². The van der Waals surface area contributed by atoms with Crippen molar-refractivity contribution in [2.24, 2.45) is 0 Å². The molecule has 0 aliphatic carbocycles. The van der Waals surface area contributed by atoms with E-state index < -0.39 is 0 Å². The fraction of sp³-hybridized carbons (Fsp3) is 0.333. The molecular formula is C9H10Br2. The standard InChI is InChI=1S/C9H10Br2/c1-7-4-8(5-10)2-3-9(7)6-11/h2-4H,5-6H2,1H3. The first-order valence-corrected chi connectivity index (χ1v) is 5.72. The third-order valence-electron chi connectivity index (χ3n) is 1.71. The molecule has 0 amide bonds. The number of halogens is 2. The van der Waals surface area contributed by atoms with Gasteiger partial charge < -0.3 is 0 Å². The van der Waals surface area contributed by atoms with Gasteiger partial charge in [0, 0.05) is 10.7 Å². The first kappa shape index (κ1) is 9.27. The van der Waals surface area contributed by atoms with E-state index in [0.29, 0.717) is 0 Å². The van der Waals surface area contributed by atoms with Crippen LogP contribution in [0.2, 0.25) is 0 Å². The van der Waals surface area contributed by atoms with Gasteiger partial charge >= 0.3 is 0 Å². The molecule has 0 aromatic heterocycles. The molecule has 0 unspecified atom stereocenters. The minimum absolute atomic E-state index is 0.941. The van der Waals surface area contributed by atoms with Crippen molar-refractivity contribution in [1.82, 2.24) is 0 Å². The van der Waals surface area contributed by atoms with Crippen molar-refractivity contribution in [3.8, 4) is 0 Å². The summed E-state index contributed by atoms with van der Waals surface area (Å²) in [6.45, 7) is 2.14. The van der Waals surface area contributed by atoms with Gasteiger partial charge in [0.15, 0.2) is 0 Å². The number of rotatable bonds is 2. The van der Waals surface area contributed by atoms with E-state index in [9.17, 15) is 0 Å². The molecular weight excluding hydrogens is 268 g/mol. The summed E-state index contributed by atoms with van der Waals surface area (Å²) in [5.74, 6) is 0. The molecule has 2 heteroatoms. The summed E-state index contributed by atoms with van der Waals surface area (Å²) < 4.78 is 0. The molecule has 11 heavy (non-hydrogen) atoms. The van der Waals surface area contributed by atoms with E-state index in [0.717, 1.165) is 10.7 Å². The van der Waals surface area contributed by atoms with Crippen molar-refractivity contribution in [2.75, 3.05) is 0 Å². The molecule has 0 saturated heterocycles. The number of hydrogen-bond acceptors (Lipinski definition) is 0. The first-order chi connectivity index (χ1) is 5.27. The molecule has 0 atom stereocenters. The zero-order chi connectivity index (χ0) is 8.27. The zero-order valence-electron chi connectivity index (χ0n) is 6.40. The molecule has 0 fully saturated rings. The predicted molar refractivity (Wildman–Crippen MR) is 56.4 cm³/mol. The minimum Gasteiger partial charge on any atom is -0.0876 e. The van der Waals surface area contributed by atoms with Crippen LogP contribution in [0.25, 0.3) is 0 Å². The Labute approximate surface area is 84.3 Å². The van der Waals surface area contributed by atoms with Crippen LogP contribution < -0.4 is 0 Å². The molecule has 0 nitrogen and oxygen atoms in total. The van der Waals surface area contributed by atoms with Crippen LogP contribution in [0.3, 0.4) is 0 Å². The van der Waals surface area contributed by atoms with Crippen LogP contribution in [0, 0.1) is 6.92 Å². The summed E-state index contributed by atoms with van der Waals surface area (Å²) in [4.78, 5) is 0. The van der Waals surface area contributed by atoms with Gasteiger partial charge in [-0.3, -0.25) is 0 Å². The summed E-state index contributed by atoms with van der Waals surface area (Å²) in [7, 11) is 0. The fourth-order valence-electron chi connectivity index (χ4n) is 0.991. The van der Waals surface area contributed by atoms with E-state index in [1.807, 2.05) is 0 Å². The van der Waals surface area contributed by atoms with Crippen LogP contribution in [-0.4, -0.2) is 0 Å². The van der Waals surface area contributed by atoms with E-state index >= 15 is 0 Å². The topological polar surface area (TPSA) is 0 Å². The number of benzene rings is 1. The normalized spacial score (nSPS) is 10.1. The summed E-state index contributed by atoms with van der Waals surface area (Å²) in [5.41, 5.74) is 4.07. The number of hydrogen-bond donors (Lipinski definition) is 0. The van der Waals surface area contributed by atoms with Gasteiger partial charge in [0.05, 0.1) is 0 Å². The average molecular weight is 278 g/mol. The molecule has 1 rings (SSSR count).